The van der Waals surface area contributed by atoms with Gasteiger partial charge in [-0.2, -0.15) is 10.5 Å². The van der Waals surface area contributed by atoms with Crippen LogP contribution in [0.2, 0.25) is 0 Å². The number of nitrogens with zero attached hydrogens (tertiary/aromatic N) is 3. The number of nitriles is 2. The molecule has 0 radical (unpaired) electrons. The van der Waals surface area contributed by atoms with E-state index in [1.54, 1.807) is 19.9 Å². The van der Waals surface area contributed by atoms with E-state index in [0.717, 1.165) is 0 Å². The molecular weight excluding hydrogens is 338 g/mol. The Bertz CT molecular complexity index is 880. The van der Waals surface area contributed by atoms with Crippen LogP contribution in [-0.4, -0.2) is 29.9 Å². The molecule has 9 heteroatoms. The third-order valence-corrected chi connectivity index (χ3v) is 5.11. The highest BCUT2D eigenvalue weighted by Crippen LogP contribution is 2.78. The molecule has 1 aromatic carbocycles. The van der Waals surface area contributed by atoms with Gasteiger partial charge in [0.05, 0.1) is 30.3 Å². The van der Waals surface area contributed by atoms with Crippen molar-refractivity contribution in [3.63, 3.8) is 0 Å². The summed E-state index contributed by atoms with van der Waals surface area (Å²) >= 11 is 0. The van der Waals surface area contributed by atoms with Crippen molar-refractivity contribution >= 4 is 11.5 Å². The number of fused-ring (bicyclic) bond motifs is 1. The lowest BCUT2D eigenvalue weighted by atomic mass is 9.93. The van der Waals surface area contributed by atoms with E-state index in [0.29, 0.717) is 5.56 Å². The van der Waals surface area contributed by atoms with Crippen molar-refractivity contribution in [2.75, 3.05) is 13.2 Å². The highest BCUT2D eigenvalue weighted by atomic mass is 16.7. The van der Waals surface area contributed by atoms with Gasteiger partial charge in [-0.25, -0.2) is 4.99 Å². The molecule has 1 saturated carbocycles. The van der Waals surface area contributed by atoms with Crippen LogP contribution in [0.5, 0.6) is 0 Å². The van der Waals surface area contributed by atoms with Gasteiger partial charge in [-0.05, 0) is 19.4 Å². The van der Waals surface area contributed by atoms with Crippen molar-refractivity contribution in [3.8, 4) is 12.1 Å². The maximum atomic E-state index is 11.1. The molecule has 0 unspecified atom stereocenters. The lowest BCUT2D eigenvalue weighted by molar-refractivity contribution is -0.693. The zero-order valence-electron chi connectivity index (χ0n) is 14.4. The molecule has 0 bridgehead atoms. The number of hydrogen-bond donors (Lipinski definition) is 2. The number of ether oxygens (including phenoxy) is 2. The molecule has 0 spiro atoms. The van der Waals surface area contributed by atoms with Crippen LogP contribution in [0.4, 0.5) is 5.69 Å². The highest BCUT2D eigenvalue weighted by Gasteiger charge is 2.97. The SMILES string of the molecule is CCOC1(OCC)[NH+]=C(N)[C@@]2(C#N)[C@@H](c3cccc([N+](=O)[O-])c3)[C@@]12C#N. The summed E-state index contributed by atoms with van der Waals surface area (Å²) < 4.78 is 11.5. The van der Waals surface area contributed by atoms with E-state index in [9.17, 15) is 20.6 Å². The lowest BCUT2D eigenvalue weighted by Crippen LogP contribution is -2.91. The molecule has 2 aliphatic rings. The first kappa shape index (κ1) is 17.8. The van der Waals surface area contributed by atoms with Crippen molar-refractivity contribution in [1.82, 2.24) is 0 Å². The topological polar surface area (TPSA) is 149 Å². The lowest BCUT2D eigenvalue weighted by Gasteiger charge is -2.29. The minimum Gasteiger partial charge on any atom is -0.314 e. The number of hydrogen-bond acceptors (Lipinski definition) is 7. The number of nitro benzene ring substituents is 1. The van der Waals surface area contributed by atoms with Crippen molar-refractivity contribution in [2.24, 2.45) is 16.6 Å². The summed E-state index contributed by atoms with van der Waals surface area (Å²) in [6, 6.07) is 10.2. The van der Waals surface area contributed by atoms with E-state index in [4.69, 9.17) is 15.2 Å². The van der Waals surface area contributed by atoms with Crippen LogP contribution in [0.1, 0.15) is 25.3 Å². The van der Waals surface area contributed by atoms with Gasteiger partial charge in [0.15, 0.2) is 10.8 Å². The Labute approximate surface area is 149 Å². The van der Waals surface area contributed by atoms with Gasteiger partial charge in [-0.3, -0.25) is 15.8 Å². The minimum atomic E-state index is -1.60. The molecule has 9 nitrogen and oxygen atoms in total. The number of amidine groups is 1. The zero-order valence-corrected chi connectivity index (χ0v) is 14.4. The molecule has 26 heavy (non-hydrogen) atoms. The predicted octanol–water partition coefficient (Wildman–Crippen LogP) is -0.110. The van der Waals surface area contributed by atoms with Gasteiger partial charge in [0.1, 0.15) is 0 Å². The molecule has 1 aliphatic heterocycles. The Hall–Kier alpha value is -3.01. The Kier molecular flexibility index (Phi) is 3.95. The van der Waals surface area contributed by atoms with Crippen LogP contribution in [0.3, 0.4) is 0 Å². The van der Waals surface area contributed by atoms with Gasteiger partial charge in [-0.15, -0.1) is 0 Å². The van der Waals surface area contributed by atoms with E-state index in [2.05, 4.69) is 17.1 Å². The predicted molar refractivity (Wildman–Crippen MR) is 88.1 cm³/mol. The fourth-order valence-corrected chi connectivity index (χ4v) is 4.17. The summed E-state index contributed by atoms with van der Waals surface area (Å²) in [5.41, 5.74) is 3.61. The normalized spacial score (nSPS) is 30.6. The van der Waals surface area contributed by atoms with Crippen LogP contribution in [0.15, 0.2) is 24.3 Å². The third kappa shape index (κ3) is 1.81. The minimum absolute atomic E-state index is 0.0694. The van der Waals surface area contributed by atoms with Gasteiger partial charge >= 0.3 is 5.91 Å². The third-order valence-electron chi connectivity index (χ3n) is 5.11. The Balaban J connectivity index is 2.22. The van der Waals surface area contributed by atoms with Crippen molar-refractivity contribution in [1.29, 1.82) is 10.5 Å². The largest absolute Gasteiger partial charge is 0.343 e. The van der Waals surface area contributed by atoms with Gasteiger partial charge in [-0.1, -0.05) is 12.1 Å². The van der Waals surface area contributed by atoms with E-state index in [1.165, 1.54) is 18.2 Å². The van der Waals surface area contributed by atoms with Crippen LogP contribution in [0, 0.1) is 43.6 Å². The van der Waals surface area contributed by atoms with Crippen molar-refractivity contribution < 1.29 is 19.4 Å². The Morgan fingerprint density at radius 2 is 1.96 bits per heavy atom. The summed E-state index contributed by atoms with van der Waals surface area (Å²) in [4.78, 5) is 13.5. The number of nitrogens with two attached hydrogens (primary N) is 1. The van der Waals surface area contributed by atoms with Crippen molar-refractivity contribution in [3.05, 3.63) is 39.9 Å². The molecule has 1 aromatic rings. The molecular formula is C17H18N5O4+. The van der Waals surface area contributed by atoms with Gasteiger partial charge in [0, 0.05) is 18.1 Å². The average molecular weight is 356 g/mol. The molecule has 3 N–H and O–H groups in total. The number of non-ortho nitro benzene ring substituents is 1. The smallest absolute Gasteiger partial charge is 0.314 e. The molecule has 0 aromatic heterocycles. The summed E-state index contributed by atoms with van der Waals surface area (Å²) in [6.07, 6.45) is 0. The van der Waals surface area contributed by atoms with Crippen LogP contribution in [-0.2, 0) is 9.47 Å². The first-order chi connectivity index (χ1) is 12.4. The second-order valence-electron chi connectivity index (χ2n) is 6.15. The fraction of sp³-hybridized carbons (Fsp3) is 0.471. The molecule has 0 amide bonds. The number of rotatable bonds is 6. The number of nitrogens with one attached hydrogen (secondary N) is 1. The second kappa shape index (κ2) is 5.77. The zero-order chi connectivity index (χ0) is 19.2. The van der Waals surface area contributed by atoms with Gasteiger partial charge in [0.2, 0.25) is 0 Å². The fourth-order valence-electron chi connectivity index (χ4n) is 4.17. The second-order valence-corrected chi connectivity index (χ2v) is 6.15. The first-order valence-corrected chi connectivity index (χ1v) is 8.16. The molecule has 3 rings (SSSR count). The molecule has 0 saturated heterocycles. The number of nitro groups is 1. The standard InChI is InChI=1S/C17H17N5O4/c1-3-25-17(26-4-2)16(10-19)13(15(16,9-18)14(20)21-17)11-6-5-7-12(8-11)22(23)24/h5-8,13H,3-4H2,1-2H3,(H2,20,21)/p+1/t13-,15-,16-/m1/s1. The van der Waals surface area contributed by atoms with E-state index in [1.807, 2.05) is 0 Å². The van der Waals surface area contributed by atoms with Gasteiger partial charge in [0.25, 0.3) is 11.5 Å². The maximum absolute atomic E-state index is 11.1. The molecule has 3 atom stereocenters. The highest BCUT2D eigenvalue weighted by molar-refractivity contribution is 5.95. The van der Waals surface area contributed by atoms with Crippen LogP contribution >= 0.6 is 0 Å². The van der Waals surface area contributed by atoms with Crippen LogP contribution < -0.4 is 10.7 Å². The number of benzene rings is 1. The molecule has 1 heterocycles. The monoisotopic (exact) mass is 356 g/mol. The van der Waals surface area contributed by atoms with Gasteiger partial charge < -0.3 is 9.47 Å². The molecule has 1 fully saturated rings. The summed E-state index contributed by atoms with van der Waals surface area (Å²) in [7, 11) is 0. The first-order valence-electron chi connectivity index (χ1n) is 8.16. The quantitative estimate of drug-likeness (QED) is 0.410. The van der Waals surface area contributed by atoms with E-state index >= 15 is 0 Å². The van der Waals surface area contributed by atoms with Crippen molar-refractivity contribution in [2.45, 2.75) is 25.7 Å². The summed E-state index contributed by atoms with van der Waals surface area (Å²) in [5.74, 6) is -2.25. The van der Waals surface area contributed by atoms with E-state index in [-0.39, 0.29) is 24.7 Å². The average Bonchev–Trinajstić information content (AvgIpc) is 3.21. The maximum Gasteiger partial charge on any atom is 0.343 e. The molecule has 1 aliphatic carbocycles. The Morgan fingerprint density at radius 3 is 2.46 bits per heavy atom. The van der Waals surface area contributed by atoms with E-state index < -0.39 is 27.6 Å². The van der Waals surface area contributed by atoms with Crippen LogP contribution in [0.25, 0.3) is 0 Å². The Morgan fingerprint density at radius 1 is 1.31 bits per heavy atom. The summed E-state index contributed by atoms with van der Waals surface area (Å²) in [5, 5.41) is 31.1. The molecule has 134 valence electrons. The summed E-state index contributed by atoms with van der Waals surface area (Å²) in [6.45, 7) is 3.90.